The minimum absolute atomic E-state index is 0.197. The molecule has 0 aromatic heterocycles. The Labute approximate surface area is 189 Å². The van der Waals surface area contributed by atoms with E-state index in [-0.39, 0.29) is 17.3 Å². The van der Waals surface area contributed by atoms with Crippen molar-refractivity contribution >= 4 is 22.1 Å². The molecule has 0 unspecified atom stereocenters. The number of amides is 1. The normalized spacial score (nSPS) is 11.8. The largest absolute Gasteiger partial charge is 0.271 e. The molecule has 0 saturated carbocycles. The van der Waals surface area contributed by atoms with E-state index in [2.05, 4.69) is 10.5 Å². The summed E-state index contributed by atoms with van der Waals surface area (Å²) in [6, 6.07) is 19.6. The molecule has 0 heterocycles. The number of benzene rings is 3. The van der Waals surface area contributed by atoms with E-state index in [9.17, 15) is 13.2 Å². The molecule has 0 spiro atoms. The maximum absolute atomic E-state index is 12.7. The van der Waals surface area contributed by atoms with Gasteiger partial charge in [0.1, 0.15) is 0 Å². The van der Waals surface area contributed by atoms with Gasteiger partial charge >= 0.3 is 0 Å². The highest BCUT2D eigenvalue weighted by Gasteiger charge is 2.20. The summed E-state index contributed by atoms with van der Waals surface area (Å²) < 4.78 is 26.8. The molecule has 0 atom stereocenters. The number of hydrazone groups is 1. The van der Waals surface area contributed by atoms with Crippen LogP contribution in [0.15, 0.2) is 76.7 Å². The van der Waals surface area contributed by atoms with Gasteiger partial charge in [0.05, 0.1) is 11.1 Å². The Morgan fingerprint density at radius 1 is 0.938 bits per heavy atom. The van der Waals surface area contributed by atoms with E-state index >= 15 is 0 Å². The zero-order valence-electron chi connectivity index (χ0n) is 18.7. The molecule has 0 saturated heterocycles. The van der Waals surface area contributed by atoms with Crippen LogP contribution < -0.4 is 5.43 Å². The van der Waals surface area contributed by atoms with Crippen molar-refractivity contribution in [2.75, 3.05) is 7.05 Å². The molecule has 0 aliphatic rings. The van der Waals surface area contributed by atoms with Crippen molar-refractivity contribution in [3.05, 3.63) is 100 Å². The molecule has 166 valence electrons. The van der Waals surface area contributed by atoms with Gasteiger partial charge in [0, 0.05) is 19.2 Å². The molecule has 0 bridgehead atoms. The summed E-state index contributed by atoms with van der Waals surface area (Å²) in [5.74, 6) is -0.335. The van der Waals surface area contributed by atoms with Gasteiger partial charge < -0.3 is 0 Å². The van der Waals surface area contributed by atoms with Crippen molar-refractivity contribution in [3.63, 3.8) is 0 Å². The fraction of sp³-hybridized carbons (Fsp3) is 0.200. The third-order valence-corrected chi connectivity index (χ3v) is 6.97. The first kappa shape index (κ1) is 23.4. The van der Waals surface area contributed by atoms with E-state index in [1.807, 2.05) is 39.0 Å². The highest BCUT2D eigenvalue weighted by Crippen LogP contribution is 2.18. The Morgan fingerprint density at radius 2 is 1.56 bits per heavy atom. The monoisotopic (exact) mass is 449 g/mol. The lowest BCUT2D eigenvalue weighted by atomic mass is 10.1. The van der Waals surface area contributed by atoms with Gasteiger partial charge in [0.15, 0.2) is 0 Å². The van der Waals surface area contributed by atoms with Crippen molar-refractivity contribution in [1.82, 2.24) is 9.73 Å². The molecule has 1 amide bonds. The summed E-state index contributed by atoms with van der Waals surface area (Å²) in [4.78, 5) is 12.6. The van der Waals surface area contributed by atoms with Crippen LogP contribution in [0.3, 0.4) is 0 Å². The number of sulfonamides is 1. The number of carbonyl (C=O) groups is 1. The van der Waals surface area contributed by atoms with Gasteiger partial charge in [-0.1, -0.05) is 53.6 Å². The van der Waals surface area contributed by atoms with Crippen molar-refractivity contribution < 1.29 is 13.2 Å². The first-order chi connectivity index (χ1) is 15.2. The quantitative estimate of drug-likeness (QED) is 0.434. The van der Waals surface area contributed by atoms with Crippen molar-refractivity contribution in [2.24, 2.45) is 5.10 Å². The van der Waals surface area contributed by atoms with Crippen molar-refractivity contribution in [3.8, 4) is 0 Å². The molecule has 3 rings (SSSR count). The lowest BCUT2D eigenvalue weighted by Gasteiger charge is -2.17. The van der Waals surface area contributed by atoms with Crippen LogP contribution in [0.4, 0.5) is 0 Å². The van der Waals surface area contributed by atoms with Gasteiger partial charge in [-0.05, 0) is 61.7 Å². The molecular weight excluding hydrogens is 422 g/mol. The molecule has 1 N–H and O–H groups in total. The first-order valence-electron chi connectivity index (χ1n) is 10.2. The van der Waals surface area contributed by atoms with Crippen molar-refractivity contribution in [1.29, 1.82) is 0 Å². The molecular formula is C25H27N3O3S. The van der Waals surface area contributed by atoms with E-state index in [0.717, 1.165) is 27.8 Å². The fourth-order valence-electron chi connectivity index (χ4n) is 3.12. The maximum atomic E-state index is 12.7. The van der Waals surface area contributed by atoms with Crippen LogP contribution in [0.25, 0.3) is 0 Å². The number of nitrogens with zero attached hydrogens (tertiary/aromatic N) is 2. The minimum Gasteiger partial charge on any atom is -0.267 e. The summed E-state index contributed by atoms with van der Waals surface area (Å²) in [5, 5.41) is 4.05. The zero-order chi connectivity index (χ0) is 23.3. The van der Waals surface area contributed by atoms with Crippen LogP contribution in [0.2, 0.25) is 0 Å². The summed E-state index contributed by atoms with van der Waals surface area (Å²) in [5.41, 5.74) is 7.88. The summed E-state index contributed by atoms with van der Waals surface area (Å²) in [6.45, 7) is 6.09. The average Bonchev–Trinajstić information content (AvgIpc) is 2.76. The van der Waals surface area contributed by atoms with Crippen LogP contribution >= 0.6 is 0 Å². The van der Waals surface area contributed by atoms with E-state index in [4.69, 9.17) is 0 Å². The minimum atomic E-state index is -3.59. The van der Waals surface area contributed by atoms with Gasteiger partial charge in [-0.25, -0.2) is 13.8 Å². The van der Waals surface area contributed by atoms with Crippen LogP contribution in [-0.4, -0.2) is 31.9 Å². The number of hydrogen-bond donors (Lipinski definition) is 1. The summed E-state index contributed by atoms with van der Waals surface area (Å²) in [6.07, 6.45) is 1.62. The first-order valence-corrected chi connectivity index (χ1v) is 11.6. The number of rotatable bonds is 7. The lowest BCUT2D eigenvalue weighted by molar-refractivity contribution is 0.0955. The van der Waals surface area contributed by atoms with Crippen molar-refractivity contribution in [2.45, 2.75) is 32.2 Å². The number of carbonyl (C=O) groups excluding carboxylic acids is 1. The Hall–Kier alpha value is -3.29. The smallest absolute Gasteiger partial charge is 0.267 e. The second-order valence-corrected chi connectivity index (χ2v) is 9.88. The van der Waals surface area contributed by atoms with Gasteiger partial charge in [-0.3, -0.25) is 4.79 Å². The maximum Gasteiger partial charge on any atom is 0.271 e. The molecule has 3 aromatic rings. The van der Waals surface area contributed by atoms with Crippen LogP contribution in [0.1, 0.15) is 38.2 Å². The van der Waals surface area contributed by atoms with Crippen LogP contribution in [0, 0.1) is 20.8 Å². The lowest BCUT2D eigenvalue weighted by Crippen LogP contribution is -2.26. The fourth-order valence-corrected chi connectivity index (χ4v) is 4.28. The van der Waals surface area contributed by atoms with E-state index in [0.29, 0.717) is 5.56 Å². The second-order valence-electron chi connectivity index (χ2n) is 7.83. The highest BCUT2D eigenvalue weighted by atomic mass is 32.2. The Bertz CT molecular complexity index is 1230. The summed E-state index contributed by atoms with van der Waals surface area (Å²) in [7, 11) is -2.05. The molecule has 0 aliphatic heterocycles. The molecule has 0 aliphatic carbocycles. The Kier molecular flexibility index (Phi) is 7.22. The molecule has 6 nitrogen and oxygen atoms in total. The van der Waals surface area contributed by atoms with E-state index in [1.165, 1.54) is 11.4 Å². The third kappa shape index (κ3) is 5.69. The van der Waals surface area contributed by atoms with Gasteiger partial charge in [0.25, 0.3) is 5.91 Å². The van der Waals surface area contributed by atoms with E-state index in [1.54, 1.807) is 54.7 Å². The van der Waals surface area contributed by atoms with Crippen LogP contribution in [-0.2, 0) is 16.6 Å². The Balaban J connectivity index is 1.62. The summed E-state index contributed by atoms with van der Waals surface area (Å²) >= 11 is 0. The molecule has 0 fully saturated rings. The Morgan fingerprint density at radius 3 is 2.22 bits per heavy atom. The predicted octanol–water partition coefficient (Wildman–Crippen LogP) is 4.20. The van der Waals surface area contributed by atoms with E-state index < -0.39 is 10.0 Å². The predicted molar refractivity (Wildman–Crippen MR) is 127 cm³/mol. The third-order valence-electron chi connectivity index (χ3n) is 5.15. The number of nitrogens with one attached hydrogen (secondary N) is 1. The van der Waals surface area contributed by atoms with Gasteiger partial charge in [-0.15, -0.1) is 0 Å². The second kappa shape index (κ2) is 9.89. The molecule has 3 aromatic carbocycles. The van der Waals surface area contributed by atoms with Gasteiger partial charge in [-0.2, -0.15) is 9.41 Å². The molecule has 7 heteroatoms. The van der Waals surface area contributed by atoms with Gasteiger partial charge in [0.2, 0.25) is 10.0 Å². The van der Waals surface area contributed by atoms with Crippen LogP contribution in [0.5, 0.6) is 0 Å². The number of hydrogen-bond acceptors (Lipinski definition) is 4. The number of aryl methyl sites for hydroxylation is 3. The average molecular weight is 450 g/mol. The highest BCUT2D eigenvalue weighted by molar-refractivity contribution is 7.89. The topological polar surface area (TPSA) is 78.8 Å². The standard InChI is InChI=1S/C25H27N3O3S/c1-18-6-13-24(14-7-18)32(30,31)28(4)17-21-9-11-22(12-10-21)25(29)27-26-16-23-15-19(2)5-8-20(23)3/h5-16H,17H2,1-4H3,(H,27,29). The molecule has 32 heavy (non-hydrogen) atoms. The zero-order valence-corrected chi connectivity index (χ0v) is 19.5. The molecule has 0 radical (unpaired) electrons. The SMILES string of the molecule is Cc1ccc(S(=O)(=O)N(C)Cc2ccc(C(=O)NN=Cc3cc(C)ccc3C)cc2)cc1.